The highest BCUT2D eigenvalue weighted by Crippen LogP contribution is 2.25. The molecule has 1 heterocycles. The predicted octanol–water partition coefficient (Wildman–Crippen LogP) is 5.25. The van der Waals surface area contributed by atoms with Crippen molar-refractivity contribution in [3.05, 3.63) is 68.9 Å². The molecule has 0 radical (unpaired) electrons. The molecule has 27 heavy (non-hydrogen) atoms. The first-order valence-electron chi connectivity index (χ1n) is 7.93. The van der Waals surface area contributed by atoms with Crippen LogP contribution in [0.5, 0.6) is 0 Å². The van der Waals surface area contributed by atoms with E-state index in [-0.39, 0.29) is 12.3 Å². The van der Waals surface area contributed by atoms with Crippen LogP contribution < -0.4 is 5.32 Å². The number of aromatic nitrogens is 3. The van der Waals surface area contributed by atoms with E-state index in [1.54, 1.807) is 30.0 Å². The molecule has 0 aliphatic carbocycles. The Morgan fingerprint density at radius 1 is 1.07 bits per heavy atom. The summed E-state index contributed by atoms with van der Waals surface area (Å²) in [5.74, 6) is 1.10. The minimum absolute atomic E-state index is 0.102. The summed E-state index contributed by atoms with van der Waals surface area (Å²) in [4.78, 5) is 12.3. The standard InChI is InChI=1S/C18H15Cl3N4OS/c1-25-16(9-17(26)22-13-6-7-14(20)15(21)8-13)23-24-18(25)27-10-11-2-4-12(19)5-3-11/h2-8H,9-10H2,1H3,(H,22,26). The molecular weight excluding hydrogens is 427 g/mol. The van der Waals surface area contributed by atoms with E-state index in [4.69, 9.17) is 34.8 Å². The van der Waals surface area contributed by atoms with Crippen molar-refractivity contribution in [3.63, 3.8) is 0 Å². The van der Waals surface area contributed by atoms with Crippen molar-refractivity contribution in [1.82, 2.24) is 14.8 Å². The van der Waals surface area contributed by atoms with E-state index in [1.807, 2.05) is 35.9 Å². The molecule has 0 atom stereocenters. The lowest BCUT2D eigenvalue weighted by molar-refractivity contribution is -0.115. The first kappa shape index (κ1) is 20.0. The molecule has 9 heteroatoms. The quantitative estimate of drug-likeness (QED) is 0.531. The van der Waals surface area contributed by atoms with Gasteiger partial charge < -0.3 is 9.88 Å². The Labute approximate surface area is 176 Å². The lowest BCUT2D eigenvalue weighted by Gasteiger charge is -2.07. The maximum atomic E-state index is 12.3. The second-order valence-corrected chi connectivity index (χ2v) is 7.92. The van der Waals surface area contributed by atoms with Gasteiger partial charge in [0.1, 0.15) is 5.82 Å². The monoisotopic (exact) mass is 440 g/mol. The van der Waals surface area contributed by atoms with Gasteiger partial charge in [-0.3, -0.25) is 4.79 Å². The second kappa shape index (κ2) is 8.97. The fraction of sp³-hybridized carbons (Fsp3) is 0.167. The summed E-state index contributed by atoms with van der Waals surface area (Å²) in [6.45, 7) is 0. The van der Waals surface area contributed by atoms with Crippen LogP contribution in [0.15, 0.2) is 47.6 Å². The van der Waals surface area contributed by atoms with E-state index in [0.29, 0.717) is 26.6 Å². The minimum Gasteiger partial charge on any atom is -0.326 e. The molecule has 1 aromatic heterocycles. The van der Waals surface area contributed by atoms with Crippen molar-refractivity contribution in [2.75, 3.05) is 5.32 Å². The van der Waals surface area contributed by atoms with Gasteiger partial charge in [0.05, 0.1) is 16.5 Å². The molecule has 0 saturated heterocycles. The van der Waals surface area contributed by atoms with Crippen LogP contribution in [0.4, 0.5) is 5.69 Å². The lowest BCUT2D eigenvalue weighted by Crippen LogP contribution is -2.17. The number of hydrogen-bond acceptors (Lipinski definition) is 4. The van der Waals surface area contributed by atoms with Crippen LogP contribution in [0.25, 0.3) is 0 Å². The van der Waals surface area contributed by atoms with Gasteiger partial charge in [0.25, 0.3) is 0 Å². The van der Waals surface area contributed by atoms with E-state index < -0.39 is 0 Å². The Kier molecular flexibility index (Phi) is 6.65. The number of nitrogens with one attached hydrogen (secondary N) is 1. The van der Waals surface area contributed by atoms with Gasteiger partial charge in [-0.2, -0.15) is 0 Å². The van der Waals surface area contributed by atoms with Crippen molar-refractivity contribution < 1.29 is 4.79 Å². The molecule has 140 valence electrons. The van der Waals surface area contributed by atoms with Gasteiger partial charge in [-0.1, -0.05) is 58.7 Å². The maximum Gasteiger partial charge on any atom is 0.232 e. The third kappa shape index (κ3) is 5.39. The third-order valence-corrected chi connectivity index (χ3v) is 5.81. The van der Waals surface area contributed by atoms with Crippen LogP contribution in [-0.4, -0.2) is 20.7 Å². The van der Waals surface area contributed by atoms with Crippen molar-refractivity contribution in [3.8, 4) is 0 Å². The van der Waals surface area contributed by atoms with Crippen LogP contribution in [0, 0.1) is 0 Å². The summed E-state index contributed by atoms with van der Waals surface area (Å²) in [6.07, 6.45) is 0.102. The van der Waals surface area contributed by atoms with E-state index in [1.165, 1.54) is 0 Å². The topological polar surface area (TPSA) is 59.8 Å². The van der Waals surface area contributed by atoms with E-state index in [0.717, 1.165) is 16.5 Å². The van der Waals surface area contributed by atoms with Crippen molar-refractivity contribution >= 4 is 58.2 Å². The molecule has 1 amide bonds. The Morgan fingerprint density at radius 2 is 1.81 bits per heavy atom. The van der Waals surface area contributed by atoms with Crippen LogP contribution in [0.2, 0.25) is 15.1 Å². The first-order valence-corrected chi connectivity index (χ1v) is 10.0. The number of thioether (sulfide) groups is 1. The van der Waals surface area contributed by atoms with Crippen LogP contribution in [0.3, 0.4) is 0 Å². The molecule has 0 saturated carbocycles. The Balaban J connectivity index is 1.59. The number of benzene rings is 2. The zero-order valence-electron chi connectivity index (χ0n) is 14.2. The van der Waals surface area contributed by atoms with Gasteiger partial charge in [-0.15, -0.1) is 10.2 Å². The van der Waals surface area contributed by atoms with Gasteiger partial charge in [0, 0.05) is 23.5 Å². The van der Waals surface area contributed by atoms with Gasteiger partial charge in [-0.25, -0.2) is 0 Å². The zero-order chi connectivity index (χ0) is 19.4. The summed E-state index contributed by atoms with van der Waals surface area (Å²) in [5, 5.41) is 13.3. The average molecular weight is 442 g/mol. The molecule has 3 rings (SSSR count). The fourth-order valence-electron chi connectivity index (χ4n) is 2.28. The van der Waals surface area contributed by atoms with E-state index in [9.17, 15) is 4.79 Å². The van der Waals surface area contributed by atoms with Gasteiger partial charge in [0.2, 0.25) is 5.91 Å². The van der Waals surface area contributed by atoms with Gasteiger partial charge in [-0.05, 0) is 35.9 Å². The average Bonchev–Trinajstić information content (AvgIpc) is 2.97. The number of nitrogens with zero attached hydrogens (tertiary/aromatic N) is 3. The largest absolute Gasteiger partial charge is 0.326 e. The van der Waals surface area contributed by atoms with E-state index >= 15 is 0 Å². The zero-order valence-corrected chi connectivity index (χ0v) is 17.3. The molecule has 0 fully saturated rings. The van der Waals surface area contributed by atoms with Gasteiger partial charge in [0.15, 0.2) is 5.16 Å². The Morgan fingerprint density at radius 3 is 2.52 bits per heavy atom. The number of carbonyl (C=O) groups is 1. The van der Waals surface area contributed by atoms with Crippen LogP contribution >= 0.6 is 46.6 Å². The highest BCUT2D eigenvalue weighted by molar-refractivity contribution is 7.98. The van der Waals surface area contributed by atoms with Crippen molar-refractivity contribution in [2.24, 2.45) is 7.05 Å². The van der Waals surface area contributed by atoms with Crippen LogP contribution in [-0.2, 0) is 24.0 Å². The first-order chi connectivity index (χ1) is 12.9. The second-order valence-electron chi connectivity index (χ2n) is 5.73. The summed E-state index contributed by atoms with van der Waals surface area (Å²) < 4.78 is 1.81. The highest BCUT2D eigenvalue weighted by atomic mass is 35.5. The third-order valence-electron chi connectivity index (χ3n) is 3.73. The molecule has 3 aromatic rings. The minimum atomic E-state index is -0.210. The normalized spacial score (nSPS) is 10.8. The SMILES string of the molecule is Cn1c(CC(=O)Nc2ccc(Cl)c(Cl)c2)nnc1SCc1ccc(Cl)cc1. The molecule has 0 bridgehead atoms. The van der Waals surface area contributed by atoms with Gasteiger partial charge >= 0.3 is 0 Å². The molecule has 2 aromatic carbocycles. The number of hydrogen-bond donors (Lipinski definition) is 1. The molecule has 1 N–H and O–H groups in total. The summed E-state index contributed by atoms with van der Waals surface area (Å²) in [6, 6.07) is 12.6. The number of rotatable bonds is 6. The molecular formula is C18H15Cl3N4OS. The molecule has 5 nitrogen and oxygen atoms in total. The maximum absolute atomic E-state index is 12.3. The number of anilines is 1. The summed E-state index contributed by atoms with van der Waals surface area (Å²) >= 11 is 19.3. The molecule has 0 aliphatic rings. The molecule has 0 unspecified atom stereocenters. The number of carbonyl (C=O) groups excluding carboxylic acids is 1. The molecule has 0 spiro atoms. The lowest BCUT2D eigenvalue weighted by atomic mass is 10.2. The van der Waals surface area contributed by atoms with Crippen molar-refractivity contribution in [1.29, 1.82) is 0 Å². The highest BCUT2D eigenvalue weighted by Gasteiger charge is 2.14. The fourth-order valence-corrected chi connectivity index (χ4v) is 3.59. The van der Waals surface area contributed by atoms with E-state index in [2.05, 4.69) is 15.5 Å². The number of halogens is 3. The smallest absolute Gasteiger partial charge is 0.232 e. The Hall–Kier alpha value is -1.73. The Bertz CT molecular complexity index is 960. The van der Waals surface area contributed by atoms with Crippen molar-refractivity contribution in [2.45, 2.75) is 17.3 Å². The predicted molar refractivity (Wildman–Crippen MR) is 111 cm³/mol. The summed E-state index contributed by atoms with van der Waals surface area (Å²) in [5.41, 5.74) is 1.71. The number of amides is 1. The van der Waals surface area contributed by atoms with Crippen LogP contribution in [0.1, 0.15) is 11.4 Å². The summed E-state index contributed by atoms with van der Waals surface area (Å²) in [7, 11) is 1.84. The molecule has 0 aliphatic heterocycles.